The SMILES string of the molecule is CCC1CN(CC2(C3CC3)CC2)C(CC)CN1. The topological polar surface area (TPSA) is 15.3 Å². The van der Waals surface area contributed by atoms with Crippen LogP contribution in [0.15, 0.2) is 0 Å². The van der Waals surface area contributed by atoms with Gasteiger partial charge in [-0.1, -0.05) is 13.8 Å². The van der Waals surface area contributed by atoms with Crippen molar-refractivity contribution in [1.29, 1.82) is 0 Å². The van der Waals surface area contributed by atoms with Gasteiger partial charge in [-0.05, 0) is 49.9 Å². The maximum Gasteiger partial charge on any atom is 0.0219 e. The molecule has 1 saturated heterocycles. The first-order chi connectivity index (χ1) is 8.27. The van der Waals surface area contributed by atoms with Gasteiger partial charge in [-0.2, -0.15) is 0 Å². The lowest BCUT2D eigenvalue weighted by Gasteiger charge is -2.42. The van der Waals surface area contributed by atoms with Crippen molar-refractivity contribution in [3.05, 3.63) is 0 Å². The quantitative estimate of drug-likeness (QED) is 0.789. The molecule has 0 aromatic rings. The zero-order valence-electron chi connectivity index (χ0n) is 11.5. The molecule has 1 heterocycles. The van der Waals surface area contributed by atoms with Crippen LogP contribution in [-0.2, 0) is 0 Å². The standard InChI is InChI=1S/C15H28N2/c1-3-13-10-17(14(4-2)9-16-13)11-15(7-8-15)12-5-6-12/h12-14,16H,3-11H2,1-2H3. The molecule has 1 N–H and O–H groups in total. The second-order valence-corrected chi connectivity index (χ2v) is 6.64. The van der Waals surface area contributed by atoms with E-state index in [-0.39, 0.29) is 0 Å². The highest BCUT2D eigenvalue weighted by atomic mass is 15.2. The Kier molecular flexibility index (Phi) is 3.20. The molecule has 0 aromatic carbocycles. The molecular formula is C15H28N2. The normalized spacial score (nSPS) is 37.1. The van der Waals surface area contributed by atoms with Crippen LogP contribution < -0.4 is 5.32 Å². The van der Waals surface area contributed by atoms with Crippen LogP contribution in [0.3, 0.4) is 0 Å². The van der Waals surface area contributed by atoms with Crippen molar-refractivity contribution in [1.82, 2.24) is 10.2 Å². The predicted molar refractivity (Wildman–Crippen MR) is 72.1 cm³/mol. The predicted octanol–water partition coefficient (Wildman–Crippen LogP) is 2.64. The summed E-state index contributed by atoms with van der Waals surface area (Å²) in [5.74, 6) is 1.11. The van der Waals surface area contributed by atoms with Crippen molar-refractivity contribution in [3.8, 4) is 0 Å². The van der Waals surface area contributed by atoms with Gasteiger partial charge < -0.3 is 5.32 Å². The van der Waals surface area contributed by atoms with Crippen LogP contribution in [0.5, 0.6) is 0 Å². The van der Waals surface area contributed by atoms with E-state index in [1.165, 1.54) is 58.2 Å². The Bertz CT molecular complexity index is 268. The first kappa shape index (κ1) is 12.0. The maximum atomic E-state index is 3.71. The Labute approximate surface area is 106 Å². The van der Waals surface area contributed by atoms with Crippen molar-refractivity contribution < 1.29 is 0 Å². The van der Waals surface area contributed by atoms with E-state index in [2.05, 4.69) is 24.1 Å². The molecule has 2 nitrogen and oxygen atoms in total. The molecule has 0 radical (unpaired) electrons. The molecule has 2 aliphatic carbocycles. The Morgan fingerprint density at radius 2 is 1.94 bits per heavy atom. The minimum absolute atomic E-state index is 0.743. The van der Waals surface area contributed by atoms with E-state index in [0.29, 0.717) is 0 Å². The Hall–Kier alpha value is -0.0800. The number of piperazine rings is 1. The van der Waals surface area contributed by atoms with Gasteiger partial charge in [-0.3, -0.25) is 4.90 Å². The Morgan fingerprint density at radius 3 is 2.47 bits per heavy atom. The van der Waals surface area contributed by atoms with Crippen LogP contribution >= 0.6 is 0 Å². The van der Waals surface area contributed by atoms with Gasteiger partial charge in [0, 0.05) is 31.7 Å². The second-order valence-electron chi connectivity index (χ2n) is 6.64. The van der Waals surface area contributed by atoms with Crippen LogP contribution in [0.4, 0.5) is 0 Å². The zero-order valence-corrected chi connectivity index (χ0v) is 11.5. The highest BCUT2D eigenvalue weighted by Crippen LogP contribution is 2.61. The molecule has 1 aliphatic heterocycles. The molecule has 2 atom stereocenters. The maximum absolute atomic E-state index is 3.71. The molecule has 17 heavy (non-hydrogen) atoms. The molecule has 2 saturated carbocycles. The monoisotopic (exact) mass is 236 g/mol. The summed E-state index contributed by atoms with van der Waals surface area (Å²) < 4.78 is 0. The van der Waals surface area contributed by atoms with Gasteiger partial charge in [-0.15, -0.1) is 0 Å². The summed E-state index contributed by atoms with van der Waals surface area (Å²) in [7, 11) is 0. The lowest BCUT2D eigenvalue weighted by atomic mass is 9.96. The molecule has 2 heteroatoms. The summed E-state index contributed by atoms with van der Waals surface area (Å²) in [5, 5.41) is 3.71. The zero-order chi connectivity index (χ0) is 11.9. The number of hydrogen-bond donors (Lipinski definition) is 1. The fourth-order valence-electron chi connectivity index (χ4n) is 3.75. The first-order valence-corrected chi connectivity index (χ1v) is 7.75. The van der Waals surface area contributed by atoms with Gasteiger partial charge in [0.05, 0.1) is 0 Å². The summed E-state index contributed by atoms with van der Waals surface area (Å²) in [4.78, 5) is 2.83. The molecule has 3 aliphatic rings. The highest BCUT2D eigenvalue weighted by Gasteiger charge is 2.54. The Balaban J connectivity index is 1.62. The van der Waals surface area contributed by atoms with Gasteiger partial charge in [0.15, 0.2) is 0 Å². The number of rotatable bonds is 5. The molecule has 2 unspecified atom stereocenters. The van der Waals surface area contributed by atoms with E-state index in [1.807, 2.05) is 0 Å². The van der Waals surface area contributed by atoms with E-state index in [4.69, 9.17) is 0 Å². The van der Waals surface area contributed by atoms with E-state index in [1.54, 1.807) is 0 Å². The van der Waals surface area contributed by atoms with E-state index >= 15 is 0 Å². The average molecular weight is 236 g/mol. The van der Waals surface area contributed by atoms with Crippen molar-refractivity contribution >= 4 is 0 Å². The highest BCUT2D eigenvalue weighted by molar-refractivity contribution is 5.06. The van der Waals surface area contributed by atoms with Crippen molar-refractivity contribution in [2.75, 3.05) is 19.6 Å². The van der Waals surface area contributed by atoms with Crippen LogP contribution in [0.2, 0.25) is 0 Å². The molecule has 0 bridgehead atoms. The largest absolute Gasteiger partial charge is 0.311 e. The summed E-state index contributed by atoms with van der Waals surface area (Å²) in [6.07, 6.45) is 8.69. The molecule has 0 amide bonds. The van der Waals surface area contributed by atoms with Crippen molar-refractivity contribution in [2.24, 2.45) is 11.3 Å². The third-order valence-electron chi connectivity index (χ3n) is 5.43. The lowest BCUT2D eigenvalue weighted by molar-refractivity contribution is 0.0937. The third kappa shape index (κ3) is 2.39. The van der Waals surface area contributed by atoms with Gasteiger partial charge in [-0.25, -0.2) is 0 Å². The second kappa shape index (κ2) is 4.55. The average Bonchev–Trinajstić information content (AvgIpc) is 3.21. The number of hydrogen-bond acceptors (Lipinski definition) is 2. The fourth-order valence-corrected chi connectivity index (χ4v) is 3.75. The summed E-state index contributed by atoms with van der Waals surface area (Å²) in [5.41, 5.74) is 0.781. The van der Waals surface area contributed by atoms with E-state index in [9.17, 15) is 0 Å². The van der Waals surface area contributed by atoms with E-state index in [0.717, 1.165) is 23.4 Å². The van der Waals surface area contributed by atoms with Crippen molar-refractivity contribution in [3.63, 3.8) is 0 Å². The van der Waals surface area contributed by atoms with E-state index < -0.39 is 0 Å². The minimum Gasteiger partial charge on any atom is -0.311 e. The van der Waals surface area contributed by atoms with Crippen LogP contribution in [0.25, 0.3) is 0 Å². The molecule has 0 spiro atoms. The van der Waals surface area contributed by atoms with Crippen LogP contribution in [-0.4, -0.2) is 36.6 Å². The molecule has 3 rings (SSSR count). The third-order valence-corrected chi connectivity index (χ3v) is 5.43. The van der Waals surface area contributed by atoms with Crippen molar-refractivity contribution in [2.45, 2.75) is 64.5 Å². The molecule has 98 valence electrons. The number of nitrogens with one attached hydrogen (secondary N) is 1. The summed E-state index contributed by atoms with van der Waals surface area (Å²) >= 11 is 0. The summed E-state index contributed by atoms with van der Waals surface area (Å²) in [6.45, 7) is 8.59. The summed E-state index contributed by atoms with van der Waals surface area (Å²) in [6, 6.07) is 1.54. The Morgan fingerprint density at radius 1 is 1.18 bits per heavy atom. The fraction of sp³-hybridized carbons (Fsp3) is 1.00. The smallest absolute Gasteiger partial charge is 0.0219 e. The molecule has 3 fully saturated rings. The van der Waals surface area contributed by atoms with Crippen LogP contribution in [0, 0.1) is 11.3 Å². The molecular weight excluding hydrogens is 208 g/mol. The van der Waals surface area contributed by atoms with Gasteiger partial charge >= 0.3 is 0 Å². The first-order valence-electron chi connectivity index (χ1n) is 7.75. The van der Waals surface area contributed by atoms with Gasteiger partial charge in [0.1, 0.15) is 0 Å². The van der Waals surface area contributed by atoms with Gasteiger partial charge in [0.25, 0.3) is 0 Å². The lowest BCUT2D eigenvalue weighted by Crippen LogP contribution is -2.57. The van der Waals surface area contributed by atoms with Crippen LogP contribution in [0.1, 0.15) is 52.4 Å². The molecule has 0 aromatic heterocycles. The van der Waals surface area contributed by atoms with Gasteiger partial charge in [0.2, 0.25) is 0 Å². The number of nitrogens with zero attached hydrogens (tertiary/aromatic N) is 1. The minimum atomic E-state index is 0.743.